The van der Waals surface area contributed by atoms with E-state index in [9.17, 15) is 44.3 Å². The summed E-state index contributed by atoms with van der Waals surface area (Å²) in [5.41, 5.74) is 14.8. The topological polar surface area (TPSA) is 96.0 Å². The van der Waals surface area contributed by atoms with Gasteiger partial charge < -0.3 is 14.2 Å². The highest BCUT2D eigenvalue weighted by Crippen LogP contribution is 2.50. The van der Waals surface area contributed by atoms with Crippen LogP contribution in [0.4, 0.5) is 26.3 Å². The van der Waals surface area contributed by atoms with Crippen LogP contribution in [0.15, 0.2) is 194 Å². The van der Waals surface area contributed by atoms with Crippen LogP contribution in [0.2, 0.25) is 0 Å². The molecule has 0 unspecified atom stereocenters. The van der Waals surface area contributed by atoms with E-state index >= 15 is 0 Å². The van der Waals surface area contributed by atoms with Gasteiger partial charge in [0.25, 0.3) is 0 Å². The Morgan fingerprint density at radius 1 is 0.400 bits per heavy atom. The summed E-state index contributed by atoms with van der Waals surface area (Å²) in [5.74, 6) is 1.62. The van der Waals surface area contributed by atoms with Crippen LogP contribution in [0, 0.1) is 30.1 Å². The number of benzene rings is 8. The second kappa shape index (κ2) is 49.7. The number of alkyl halides is 6. The molecule has 15 heteroatoms. The van der Waals surface area contributed by atoms with Crippen LogP contribution < -0.4 is 9.47 Å². The summed E-state index contributed by atoms with van der Waals surface area (Å²) in [6.45, 7) is 53.6. The maximum absolute atomic E-state index is 12.5. The lowest BCUT2D eigenvalue weighted by atomic mass is 9.78. The number of fused-ring (bicyclic) bond motifs is 3. The zero-order valence-electron chi connectivity index (χ0n) is 76.7. The first-order valence-electron chi connectivity index (χ1n) is 39.5. The van der Waals surface area contributed by atoms with Gasteiger partial charge in [-0.15, -0.1) is 0 Å². The summed E-state index contributed by atoms with van der Waals surface area (Å²) in [7, 11) is 3.86. The van der Waals surface area contributed by atoms with Gasteiger partial charge in [0.2, 0.25) is 0 Å². The molecule has 0 amide bonds. The Balaban J connectivity index is 0. The van der Waals surface area contributed by atoms with Crippen LogP contribution in [-0.4, -0.2) is 85.8 Å². The van der Waals surface area contributed by atoms with E-state index in [1.807, 2.05) is 99.2 Å². The number of ketones is 2. The van der Waals surface area contributed by atoms with Crippen LogP contribution in [-0.2, 0) is 41.6 Å². The molecule has 0 spiro atoms. The van der Waals surface area contributed by atoms with Crippen molar-refractivity contribution in [2.75, 3.05) is 53.5 Å². The Morgan fingerprint density at radius 2 is 0.635 bits per heavy atom. The second-order valence-corrected chi connectivity index (χ2v) is 39.8. The Hall–Kier alpha value is -7.46. The van der Waals surface area contributed by atoms with Gasteiger partial charge in [0.05, 0.1) is 14.2 Å². The lowest BCUT2D eigenvalue weighted by Crippen LogP contribution is -2.44. The number of carbonyl (C=O) groups is 2. The standard InChI is InChI=1S/C22H18O2.C15H14.2C14H22.C8H10O2.C8H16.C5H6F6.C5H12.C3H8.C2H6O2S.C2H6O.C2H6S/c1-15-3-7-17(8-4-15)21(23)19-11-13-20(14-12-19)22(24)18-9-5-16(2)6-10-18;1-15(2)13-9-5-3-7-11(13)12-8-4-6-10-14(12)15;1-13(2,3)11-7-9-12(10-8-11)14(4,5)6;1-13(2,3)11-8-7-9-12(10-11)14(4,5)6;1-9-7-3-5-8(10-2)6-4-7;1-8(2)6-4-3-5-7-8;1-3(2,4(6,7)8)5(9,10)11;1-5(2,3)4;1-3-2;1-5(2,3)4;2*1-3-2/h3-14H,1-2H3;3-10H,1-2H3;2*7-10H,1-6H3;3-6H,1-2H3;3-7H2,1-2H3;1-2H3;1-4H3;3H2,1-2H3;1-2H3;2*1-2H3. The van der Waals surface area contributed by atoms with E-state index < -0.39 is 27.6 Å². The lowest BCUT2D eigenvalue weighted by Gasteiger charge is -2.29. The van der Waals surface area contributed by atoms with E-state index in [1.165, 1.54) is 83.0 Å². The largest absolute Gasteiger partial charge is 0.497 e. The number of thioether (sulfide) groups is 1. The van der Waals surface area contributed by atoms with E-state index in [4.69, 9.17) is 9.47 Å². The van der Waals surface area contributed by atoms with E-state index in [0.29, 0.717) is 33.1 Å². The minimum atomic E-state index is -5.24. The summed E-state index contributed by atoms with van der Waals surface area (Å²) in [5, 5.41) is 0. The maximum atomic E-state index is 12.5. The first kappa shape index (κ1) is 110. The highest BCUT2D eigenvalue weighted by Gasteiger charge is 2.64. The van der Waals surface area contributed by atoms with Crippen molar-refractivity contribution in [2.45, 2.75) is 258 Å². The van der Waals surface area contributed by atoms with Crippen LogP contribution in [0.1, 0.15) is 281 Å². The van der Waals surface area contributed by atoms with E-state index in [0.717, 1.165) is 35.1 Å². The molecule has 10 rings (SSSR count). The van der Waals surface area contributed by atoms with Gasteiger partial charge in [-0.3, -0.25) is 9.59 Å². The fourth-order valence-electron chi connectivity index (χ4n) is 10.5. The zero-order valence-corrected chi connectivity index (χ0v) is 78.3. The number of methoxy groups -OCH3 is 3. The van der Waals surface area contributed by atoms with Gasteiger partial charge in [-0.1, -0.05) is 359 Å². The monoisotopic (exact) mass is 1640 g/mol. The quantitative estimate of drug-likeness (QED) is 0.120. The van der Waals surface area contributed by atoms with Crippen molar-refractivity contribution < 1.29 is 58.6 Å². The first-order chi connectivity index (χ1) is 52.5. The molecule has 0 aliphatic heterocycles. The third-order valence-electron chi connectivity index (χ3n) is 17.7. The predicted molar refractivity (Wildman–Crippen MR) is 484 cm³/mol. The fraction of sp³-hybridized carbons (Fsp3) is 0.500. The van der Waals surface area contributed by atoms with Crippen molar-refractivity contribution in [3.05, 3.63) is 261 Å². The average molecular weight is 1640 g/mol. The minimum absolute atomic E-state index is 0.0377. The SMILES string of the molecule is CC(C)(C(F)(F)F)C(F)(F)F.CC(C)(C)C.CC(C)(C)c1ccc(C(C)(C)C)cc1.CC(C)(C)c1cccc(C(C)(C)C)c1.CC1(C)CCCCC1.CC1(C)c2ccccc2-c2ccccc21.CCC.COC.COc1ccc(OC)cc1.CS(C)(=O)=O.CSC.Cc1ccc(C(=O)c2ccc(C(=O)c3ccc(C)cc3)cc2)cc1. The Labute approximate surface area is 698 Å². The molecule has 115 heavy (non-hydrogen) atoms. The molecule has 0 saturated heterocycles. The second-order valence-electron chi connectivity index (χ2n) is 36.7. The van der Waals surface area contributed by atoms with Crippen molar-refractivity contribution in [3.63, 3.8) is 0 Å². The summed E-state index contributed by atoms with van der Waals surface area (Å²) >= 11 is 1.75. The molecule has 642 valence electrons. The third kappa shape index (κ3) is 44.1. The summed E-state index contributed by atoms with van der Waals surface area (Å²) in [6.07, 6.45) is 4.47. The van der Waals surface area contributed by atoms with Crippen molar-refractivity contribution in [1.82, 2.24) is 0 Å². The first-order valence-corrected chi connectivity index (χ1v) is 43.4. The number of sulfone groups is 1. The highest BCUT2D eigenvalue weighted by molar-refractivity contribution is 7.97. The van der Waals surface area contributed by atoms with E-state index in [2.05, 4.69) is 254 Å². The van der Waals surface area contributed by atoms with Gasteiger partial charge in [0.15, 0.2) is 17.0 Å². The molecule has 0 heterocycles. The summed E-state index contributed by atoms with van der Waals surface area (Å²) in [6, 6.07) is 64.6. The molecule has 0 aromatic heterocycles. The molecule has 0 bridgehead atoms. The summed E-state index contributed by atoms with van der Waals surface area (Å²) in [4.78, 5) is 24.9. The molecule has 7 nitrogen and oxygen atoms in total. The smallest absolute Gasteiger partial charge is 0.402 e. The molecule has 0 N–H and O–H groups in total. The molecule has 1 fully saturated rings. The van der Waals surface area contributed by atoms with Crippen molar-refractivity contribution in [1.29, 1.82) is 0 Å². The van der Waals surface area contributed by atoms with Crippen molar-refractivity contribution in [2.24, 2.45) is 16.2 Å². The van der Waals surface area contributed by atoms with E-state index in [1.54, 1.807) is 64.5 Å². The van der Waals surface area contributed by atoms with Crippen molar-refractivity contribution >= 4 is 33.2 Å². The predicted octanol–water partition coefficient (Wildman–Crippen LogP) is 29.5. The molecule has 8 aromatic carbocycles. The Bertz CT molecular complexity index is 3890. The van der Waals surface area contributed by atoms with E-state index in [-0.39, 0.29) is 52.5 Å². The maximum Gasteiger partial charge on any atom is 0.402 e. The molecule has 2 aliphatic rings. The highest BCUT2D eigenvalue weighted by atomic mass is 32.2. The summed E-state index contributed by atoms with van der Waals surface area (Å²) < 4.78 is 103. The number of halogens is 6. The molecular formula is C100H146F6O7S2. The molecule has 1 saturated carbocycles. The minimum Gasteiger partial charge on any atom is -0.497 e. The van der Waals surface area contributed by atoms with Crippen LogP contribution in [0.25, 0.3) is 11.1 Å². The lowest BCUT2D eigenvalue weighted by molar-refractivity contribution is -0.327. The van der Waals surface area contributed by atoms with Gasteiger partial charge in [0, 0.05) is 54.4 Å². The molecule has 8 aromatic rings. The van der Waals surface area contributed by atoms with Crippen LogP contribution in [0.5, 0.6) is 11.5 Å². The normalized spacial score (nSPS) is 13.1. The molecule has 0 radical (unpaired) electrons. The fourth-order valence-corrected chi connectivity index (χ4v) is 10.5. The number of hydrogen-bond acceptors (Lipinski definition) is 8. The Morgan fingerprint density at radius 3 is 0.835 bits per heavy atom. The van der Waals surface area contributed by atoms with Gasteiger partial charge in [0.1, 0.15) is 21.3 Å². The number of carbonyl (C=O) groups excluding carboxylic acids is 2. The van der Waals surface area contributed by atoms with Crippen LogP contribution in [0.3, 0.4) is 0 Å². The third-order valence-corrected chi connectivity index (χ3v) is 17.7. The molecule has 2 aliphatic carbocycles. The van der Waals surface area contributed by atoms with Crippen molar-refractivity contribution in [3.8, 4) is 22.6 Å². The van der Waals surface area contributed by atoms with Crippen LogP contribution >= 0.6 is 11.8 Å². The number of ether oxygens (including phenoxy) is 3. The molecule has 0 atom stereocenters. The van der Waals surface area contributed by atoms with Gasteiger partial charge in [-0.2, -0.15) is 38.1 Å². The number of hydrogen-bond donors (Lipinski definition) is 0. The van der Waals surface area contributed by atoms with Gasteiger partial charge in [-0.05, 0) is 154 Å². The molecular weight excluding hydrogens is 1490 g/mol. The Kier molecular flexibility index (Phi) is 47.4. The zero-order chi connectivity index (χ0) is 89.6. The van der Waals surface area contributed by atoms with Gasteiger partial charge in [-0.25, -0.2) is 8.42 Å². The van der Waals surface area contributed by atoms with Gasteiger partial charge >= 0.3 is 12.4 Å². The number of aryl methyl sites for hydroxylation is 2. The average Bonchev–Trinajstić information content (AvgIpc) is 1.61. The number of rotatable bonds is 6.